The van der Waals surface area contributed by atoms with Crippen LogP contribution in [0.3, 0.4) is 0 Å². The molecule has 110 valence electrons. The molecule has 6 heteroatoms. The van der Waals surface area contributed by atoms with E-state index in [4.69, 9.17) is 0 Å². The molecule has 22 heavy (non-hydrogen) atoms. The van der Waals surface area contributed by atoms with Gasteiger partial charge in [-0.2, -0.15) is 0 Å². The minimum Gasteiger partial charge on any atom is -0.478 e. The number of hydrogen-bond acceptors (Lipinski definition) is 4. The van der Waals surface area contributed by atoms with E-state index < -0.39 is 11.9 Å². The van der Waals surface area contributed by atoms with Gasteiger partial charge in [0.1, 0.15) is 0 Å². The number of carbonyl (C=O) groups excluding carboxylic acids is 2. The maximum Gasteiger partial charge on any atom is 0.336 e. The molecule has 0 aliphatic rings. The second-order valence-corrected chi connectivity index (χ2v) is 4.39. The van der Waals surface area contributed by atoms with Gasteiger partial charge in [-0.05, 0) is 12.1 Å². The summed E-state index contributed by atoms with van der Waals surface area (Å²) < 4.78 is 0. The van der Waals surface area contributed by atoms with Crippen molar-refractivity contribution in [1.29, 1.82) is 0 Å². The molecule has 0 saturated heterocycles. The summed E-state index contributed by atoms with van der Waals surface area (Å²) in [5, 5.41) is 18.6. The van der Waals surface area contributed by atoms with Crippen LogP contribution < -0.4 is 0 Å². The van der Waals surface area contributed by atoms with E-state index in [0.717, 1.165) is 0 Å². The predicted molar refractivity (Wildman–Crippen MR) is 76.6 cm³/mol. The van der Waals surface area contributed by atoms with Gasteiger partial charge >= 0.3 is 11.9 Å². The van der Waals surface area contributed by atoms with Crippen molar-refractivity contribution in [3.63, 3.8) is 0 Å². The molecular formula is C16H10O6. The van der Waals surface area contributed by atoms with E-state index in [9.17, 15) is 29.4 Å². The molecule has 0 unspecified atom stereocenters. The van der Waals surface area contributed by atoms with Crippen LogP contribution in [0.25, 0.3) is 11.1 Å². The number of hydrogen-bond donors (Lipinski definition) is 2. The first-order valence-corrected chi connectivity index (χ1v) is 6.14. The molecule has 0 saturated carbocycles. The van der Waals surface area contributed by atoms with Crippen LogP contribution in [0.5, 0.6) is 0 Å². The predicted octanol–water partition coefficient (Wildman–Crippen LogP) is 2.38. The minimum absolute atomic E-state index is 0.00306. The monoisotopic (exact) mass is 298 g/mol. The lowest BCUT2D eigenvalue weighted by Crippen LogP contribution is -2.08. The van der Waals surface area contributed by atoms with Gasteiger partial charge in [0.25, 0.3) is 0 Å². The van der Waals surface area contributed by atoms with E-state index in [-0.39, 0.29) is 33.4 Å². The average molecular weight is 298 g/mol. The lowest BCUT2D eigenvalue weighted by molar-refractivity contribution is 0.0684. The summed E-state index contributed by atoms with van der Waals surface area (Å²) in [5.41, 5.74) is -0.661. The SMILES string of the molecule is O=Cc1cccc(C(=O)O)c1-c1c(C=O)cccc1C(=O)O. The average Bonchev–Trinajstić information content (AvgIpc) is 2.52. The van der Waals surface area contributed by atoms with Crippen molar-refractivity contribution in [3.05, 3.63) is 58.7 Å². The van der Waals surface area contributed by atoms with Crippen molar-refractivity contribution in [2.24, 2.45) is 0 Å². The number of aromatic carboxylic acids is 2. The summed E-state index contributed by atoms with van der Waals surface area (Å²) >= 11 is 0. The number of carbonyl (C=O) groups is 4. The van der Waals surface area contributed by atoms with Crippen LogP contribution in [0.2, 0.25) is 0 Å². The molecule has 0 bridgehead atoms. The van der Waals surface area contributed by atoms with Gasteiger partial charge in [0, 0.05) is 22.3 Å². The Kier molecular flexibility index (Phi) is 4.13. The second kappa shape index (κ2) is 6.01. The molecule has 2 aromatic rings. The van der Waals surface area contributed by atoms with Gasteiger partial charge in [-0.3, -0.25) is 9.59 Å². The van der Waals surface area contributed by atoms with E-state index in [1.165, 1.54) is 36.4 Å². The molecule has 0 atom stereocenters. The highest BCUT2D eigenvalue weighted by atomic mass is 16.4. The fraction of sp³-hybridized carbons (Fsp3) is 0. The van der Waals surface area contributed by atoms with Gasteiger partial charge in [-0.25, -0.2) is 9.59 Å². The Hall–Kier alpha value is -3.28. The maximum absolute atomic E-state index is 11.4. The number of carboxylic acid groups (broad SMARTS) is 2. The van der Waals surface area contributed by atoms with Crippen LogP contribution in [-0.4, -0.2) is 34.7 Å². The molecule has 0 amide bonds. The molecule has 0 aliphatic carbocycles. The maximum atomic E-state index is 11.4. The zero-order valence-corrected chi connectivity index (χ0v) is 11.1. The van der Waals surface area contributed by atoms with Crippen LogP contribution >= 0.6 is 0 Å². The molecule has 0 heterocycles. The molecule has 2 rings (SSSR count). The van der Waals surface area contributed by atoms with Crippen LogP contribution in [0.4, 0.5) is 0 Å². The normalized spacial score (nSPS) is 10.0. The smallest absolute Gasteiger partial charge is 0.336 e. The standard InChI is InChI=1S/C16H10O6/c17-7-9-3-1-5-11(15(19)20)13(9)14-10(8-18)4-2-6-12(14)16(21)22/h1-8H,(H,19,20)(H,21,22). The van der Waals surface area contributed by atoms with Gasteiger partial charge in [-0.15, -0.1) is 0 Å². The molecular weight excluding hydrogens is 288 g/mol. The molecule has 2 aromatic carbocycles. The van der Waals surface area contributed by atoms with E-state index in [1.807, 2.05) is 0 Å². The van der Waals surface area contributed by atoms with Crippen LogP contribution in [0, 0.1) is 0 Å². The van der Waals surface area contributed by atoms with Crippen molar-refractivity contribution < 1.29 is 29.4 Å². The van der Waals surface area contributed by atoms with Crippen molar-refractivity contribution in [2.45, 2.75) is 0 Å². The Morgan fingerprint density at radius 3 is 1.36 bits per heavy atom. The lowest BCUT2D eigenvalue weighted by Gasteiger charge is -2.14. The van der Waals surface area contributed by atoms with E-state index in [2.05, 4.69) is 0 Å². The quantitative estimate of drug-likeness (QED) is 0.820. The zero-order chi connectivity index (χ0) is 16.3. The Labute approximate surface area is 124 Å². The zero-order valence-electron chi connectivity index (χ0n) is 11.1. The Bertz CT molecular complexity index is 724. The second-order valence-electron chi connectivity index (χ2n) is 4.39. The van der Waals surface area contributed by atoms with Gasteiger partial charge in [0.2, 0.25) is 0 Å². The fourth-order valence-corrected chi connectivity index (χ4v) is 2.25. The number of benzene rings is 2. The number of aldehydes is 2. The Morgan fingerprint density at radius 2 is 1.09 bits per heavy atom. The van der Waals surface area contributed by atoms with Gasteiger partial charge < -0.3 is 10.2 Å². The summed E-state index contributed by atoms with van der Waals surface area (Å²) in [6, 6.07) is 7.97. The van der Waals surface area contributed by atoms with Crippen molar-refractivity contribution in [3.8, 4) is 11.1 Å². The third-order valence-corrected chi connectivity index (χ3v) is 3.16. The summed E-state index contributed by atoms with van der Waals surface area (Å²) in [4.78, 5) is 45.2. The first-order valence-electron chi connectivity index (χ1n) is 6.14. The highest BCUT2D eigenvalue weighted by molar-refractivity contribution is 6.09. The first-order chi connectivity index (χ1) is 10.5. The molecule has 0 fully saturated rings. The first kappa shape index (κ1) is 15.1. The topological polar surface area (TPSA) is 109 Å². The van der Waals surface area contributed by atoms with E-state index in [0.29, 0.717) is 12.6 Å². The van der Waals surface area contributed by atoms with Gasteiger partial charge in [0.05, 0.1) is 11.1 Å². The molecule has 6 nitrogen and oxygen atoms in total. The lowest BCUT2D eigenvalue weighted by atomic mass is 9.88. The Morgan fingerprint density at radius 1 is 0.727 bits per heavy atom. The summed E-state index contributed by atoms with van der Waals surface area (Å²) in [6.07, 6.45) is 0.851. The van der Waals surface area contributed by atoms with E-state index in [1.54, 1.807) is 0 Å². The van der Waals surface area contributed by atoms with Crippen molar-refractivity contribution in [2.75, 3.05) is 0 Å². The third-order valence-electron chi connectivity index (χ3n) is 3.16. The highest BCUT2D eigenvalue weighted by Gasteiger charge is 2.23. The van der Waals surface area contributed by atoms with Crippen LogP contribution in [0.1, 0.15) is 41.4 Å². The minimum atomic E-state index is -1.32. The molecule has 0 aromatic heterocycles. The highest BCUT2D eigenvalue weighted by Crippen LogP contribution is 2.33. The van der Waals surface area contributed by atoms with Crippen molar-refractivity contribution >= 4 is 24.5 Å². The third kappa shape index (κ3) is 2.49. The Balaban J connectivity index is 2.99. The van der Waals surface area contributed by atoms with Gasteiger partial charge in [-0.1, -0.05) is 24.3 Å². The van der Waals surface area contributed by atoms with Crippen molar-refractivity contribution in [1.82, 2.24) is 0 Å². The van der Waals surface area contributed by atoms with Crippen LogP contribution in [-0.2, 0) is 0 Å². The van der Waals surface area contributed by atoms with E-state index >= 15 is 0 Å². The summed E-state index contributed by atoms with van der Waals surface area (Å²) in [5.74, 6) is -2.65. The summed E-state index contributed by atoms with van der Waals surface area (Å²) in [6.45, 7) is 0. The largest absolute Gasteiger partial charge is 0.478 e. The van der Waals surface area contributed by atoms with Gasteiger partial charge in [0.15, 0.2) is 12.6 Å². The molecule has 0 aliphatic heterocycles. The number of carboxylic acids is 2. The molecule has 2 N–H and O–H groups in total. The number of rotatable bonds is 5. The van der Waals surface area contributed by atoms with Crippen LogP contribution in [0.15, 0.2) is 36.4 Å². The molecule has 0 spiro atoms. The molecule has 0 radical (unpaired) electrons. The fourth-order valence-electron chi connectivity index (χ4n) is 2.25. The summed E-state index contributed by atoms with van der Waals surface area (Å²) in [7, 11) is 0.